The Morgan fingerprint density at radius 2 is 1.77 bits per heavy atom. The number of anilines is 2. The van der Waals surface area contributed by atoms with Gasteiger partial charge in [-0.2, -0.15) is 10.1 Å². The molecule has 1 amide bonds. The fourth-order valence-electron chi connectivity index (χ4n) is 4.49. The van der Waals surface area contributed by atoms with E-state index in [1.807, 2.05) is 44.2 Å². The van der Waals surface area contributed by atoms with E-state index < -0.39 is 6.04 Å². The number of allylic oxidation sites excluding steroid dienone is 1. The monoisotopic (exact) mass is 525 g/mol. The molecular weight excluding hydrogens is 494 g/mol. The van der Waals surface area contributed by atoms with E-state index in [-0.39, 0.29) is 5.91 Å². The Morgan fingerprint density at radius 1 is 1.00 bits per heavy atom. The zero-order chi connectivity index (χ0) is 27.4. The van der Waals surface area contributed by atoms with Crippen LogP contribution in [-0.2, 0) is 11.4 Å². The first-order valence-electron chi connectivity index (χ1n) is 12.7. The van der Waals surface area contributed by atoms with Crippen LogP contribution in [-0.4, -0.2) is 34.4 Å². The molecule has 0 saturated carbocycles. The minimum atomic E-state index is -0.535. The summed E-state index contributed by atoms with van der Waals surface area (Å²) in [5, 5.41) is 10.6. The Kier molecular flexibility index (Phi) is 7.49. The number of methoxy groups -OCH3 is 1. The predicted molar refractivity (Wildman–Crippen MR) is 149 cm³/mol. The molecular formula is C30H31N5O4. The lowest BCUT2D eigenvalue weighted by Gasteiger charge is -2.29. The van der Waals surface area contributed by atoms with E-state index in [0.717, 1.165) is 11.1 Å². The summed E-state index contributed by atoms with van der Waals surface area (Å²) in [6.45, 7) is 6.71. The van der Waals surface area contributed by atoms with Crippen molar-refractivity contribution in [3.8, 4) is 17.2 Å². The van der Waals surface area contributed by atoms with Gasteiger partial charge in [0.15, 0.2) is 11.5 Å². The Labute approximate surface area is 227 Å². The first-order chi connectivity index (χ1) is 19.0. The highest BCUT2D eigenvalue weighted by atomic mass is 16.5. The largest absolute Gasteiger partial charge is 0.497 e. The lowest BCUT2D eigenvalue weighted by atomic mass is 9.94. The maximum absolute atomic E-state index is 13.7. The summed E-state index contributed by atoms with van der Waals surface area (Å²) in [6.07, 6.45) is 1.47. The van der Waals surface area contributed by atoms with Gasteiger partial charge in [-0.15, -0.1) is 0 Å². The summed E-state index contributed by atoms with van der Waals surface area (Å²) in [5.74, 6) is 2.22. The average Bonchev–Trinajstić information content (AvgIpc) is 3.41. The van der Waals surface area contributed by atoms with Crippen molar-refractivity contribution < 1.29 is 19.0 Å². The molecule has 0 saturated heterocycles. The van der Waals surface area contributed by atoms with Gasteiger partial charge in [-0.1, -0.05) is 35.9 Å². The Hall–Kier alpha value is -4.79. The number of carbonyl (C=O) groups is 1. The van der Waals surface area contributed by atoms with Crippen LogP contribution in [0.5, 0.6) is 17.2 Å². The van der Waals surface area contributed by atoms with Crippen LogP contribution in [0.3, 0.4) is 0 Å². The maximum atomic E-state index is 13.7. The second-order valence-corrected chi connectivity index (χ2v) is 9.19. The standard InChI is InChI=1S/C30H31N5O4/c1-5-38-26-16-22(10-15-25(26)39-17-21-8-6-19(2)7-9-21)28-27(20(3)33-30-31-18-32-35(28)30)29(36)34-23-11-13-24(37-4)14-12-23/h6-16,18,28H,5,17H2,1-4H3,(H,34,36)(H,31,32,33)/t28-/m0/s1. The quantitative estimate of drug-likeness (QED) is 0.298. The normalized spacial score (nSPS) is 14.3. The summed E-state index contributed by atoms with van der Waals surface area (Å²) < 4.78 is 19.0. The van der Waals surface area contributed by atoms with Crippen molar-refractivity contribution >= 4 is 17.5 Å². The SMILES string of the molecule is CCOc1cc([C@H]2C(C(=O)Nc3ccc(OC)cc3)=C(C)Nc3ncnn32)ccc1OCc1ccc(C)cc1. The van der Waals surface area contributed by atoms with Crippen molar-refractivity contribution in [1.82, 2.24) is 14.8 Å². The highest BCUT2D eigenvalue weighted by Crippen LogP contribution is 2.39. The van der Waals surface area contributed by atoms with Gasteiger partial charge in [-0.05, 0) is 68.3 Å². The number of rotatable bonds is 9. The number of amides is 1. The second-order valence-electron chi connectivity index (χ2n) is 9.19. The third-order valence-corrected chi connectivity index (χ3v) is 6.49. The fourth-order valence-corrected chi connectivity index (χ4v) is 4.49. The van der Waals surface area contributed by atoms with E-state index in [0.29, 0.717) is 53.4 Å². The molecule has 9 nitrogen and oxygen atoms in total. The molecule has 0 bridgehead atoms. The van der Waals surface area contributed by atoms with Gasteiger partial charge in [0.1, 0.15) is 24.7 Å². The Morgan fingerprint density at radius 3 is 2.49 bits per heavy atom. The lowest BCUT2D eigenvalue weighted by Crippen LogP contribution is -2.31. The molecule has 3 aromatic carbocycles. The van der Waals surface area contributed by atoms with E-state index in [1.54, 1.807) is 36.1 Å². The number of ether oxygens (including phenoxy) is 3. The fraction of sp³-hybridized carbons (Fsp3) is 0.233. The van der Waals surface area contributed by atoms with Crippen LogP contribution in [0.1, 0.15) is 36.6 Å². The third-order valence-electron chi connectivity index (χ3n) is 6.49. The smallest absolute Gasteiger partial charge is 0.255 e. The minimum absolute atomic E-state index is 0.256. The van der Waals surface area contributed by atoms with Crippen molar-refractivity contribution in [3.63, 3.8) is 0 Å². The zero-order valence-electron chi connectivity index (χ0n) is 22.4. The van der Waals surface area contributed by atoms with Gasteiger partial charge in [-0.25, -0.2) is 4.68 Å². The van der Waals surface area contributed by atoms with Crippen LogP contribution in [0.15, 0.2) is 84.3 Å². The molecule has 1 aliphatic heterocycles. The van der Waals surface area contributed by atoms with Gasteiger partial charge in [0, 0.05) is 11.4 Å². The van der Waals surface area contributed by atoms with Crippen molar-refractivity contribution in [2.75, 3.05) is 24.4 Å². The number of nitrogens with one attached hydrogen (secondary N) is 2. The first kappa shape index (κ1) is 25.8. The van der Waals surface area contributed by atoms with E-state index >= 15 is 0 Å². The topological polar surface area (TPSA) is 99.5 Å². The Bertz CT molecular complexity index is 1490. The number of benzene rings is 3. The predicted octanol–water partition coefficient (Wildman–Crippen LogP) is 5.50. The molecule has 0 fully saturated rings. The highest BCUT2D eigenvalue weighted by molar-refractivity contribution is 6.06. The molecule has 1 aliphatic rings. The Balaban J connectivity index is 1.46. The highest BCUT2D eigenvalue weighted by Gasteiger charge is 2.34. The van der Waals surface area contributed by atoms with E-state index in [2.05, 4.69) is 39.8 Å². The van der Waals surface area contributed by atoms with Gasteiger partial charge in [-0.3, -0.25) is 4.79 Å². The number of aryl methyl sites for hydroxylation is 1. The molecule has 39 heavy (non-hydrogen) atoms. The van der Waals surface area contributed by atoms with Crippen LogP contribution in [0.25, 0.3) is 0 Å². The summed E-state index contributed by atoms with van der Waals surface area (Å²) in [6, 6.07) is 20.6. The third kappa shape index (κ3) is 5.57. The van der Waals surface area contributed by atoms with Crippen molar-refractivity contribution in [3.05, 3.63) is 101 Å². The summed E-state index contributed by atoms with van der Waals surface area (Å²) >= 11 is 0. The van der Waals surface area contributed by atoms with Crippen LogP contribution in [0.4, 0.5) is 11.6 Å². The first-order valence-corrected chi connectivity index (χ1v) is 12.7. The number of aromatic nitrogens is 3. The van der Waals surface area contributed by atoms with Crippen LogP contribution in [0.2, 0.25) is 0 Å². The van der Waals surface area contributed by atoms with E-state index in [1.165, 1.54) is 11.9 Å². The minimum Gasteiger partial charge on any atom is -0.497 e. The van der Waals surface area contributed by atoms with Gasteiger partial charge in [0.25, 0.3) is 5.91 Å². The molecule has 0 radical (unpaired) electrons. The summed E-state index contributed by atoms with van der Waals surface area (Å²) in [7, 11) is 1.60. The molecule has 0 aliphatic carbocycles. The number of nitrogens with zero attached hydrogens (tertiary/aromatic N) is 3. The molecule has 2 N–H and O–H groups in total. The molecule has 1 aromatic heterocycles. The van der Waals surface area contributed by atoms with Gasteiger partial charge >= 0.3 is 0 Å². The second kappa shape index (κ2) is 11.3. The molecule has 0 spiro atoms. The lowest BCUT2D eigenvalue weighted by molar-refractivity contribution is -0.113. The van der Waals surface area contributed by atoms with Crippen LogP contribution < -0.4 is 24.8 Å². The van der Waals surface area contributed by atoms with Crippen LogP contribution >= 0.6 is 0 Å². The molecule has 5 rings (SSSR count). The number of hydrogen-bond acceptors (Lipinski definition) is 7. The average molecular weight is 526 g/mol. The van der Waals surface area contributed by atoms with Gasteiger partial charge in [0.05, 0.1) is 19.3 Å². The number of fused-ring (bicyclic) bond motifs is 1. The number of hydrogen-bond donors (Lipinski definition) is 2. The number of carbonyl (C=O) groups excluding carboxylic acids is 1. The molecule has 200 valence electrons. The molecule has 4 aromatic rings. The van der Waals surface area contributed by atoms with E-state index in [9.17, 15) is 4.79 Å². The molecule has 2 heterocycles. The van der Waals surface area contributed by atoms with Crippen molar-refractivity contribution in [2.24, 2.45) is 0 Å². The summed E-state index contributed by atoms with van der Waals surface area (Å²) in [4.78, 5) is 18.0. The van der Waals surface area contributed by atoms with Gasteiger partial charge < -0.3 is 24.8 Å². The van der Waals surface area contributed by atoms with Crippen molar-refractivity contribution in [2.45, 2.75) is 33.4 Å². The zero-order valence-corrected chi connectivity index (χ0v) is 22.4. The molecule has 0 unspecified atom stereocenters. The van der Waals surface area contributed by atoms with Crippen molar-refractivity contribution in [1.29, 1.82) is 0 Å². The van der Waals surface area contributed by atoms with Gasteiger partial charge in [0.2, 0.25) is 5.95 Å². The maximum Gasteiger partial charge on any atom is 0.255 e. The molecule has 9 heteroatoms. The van der Waals surface area contributed by atoms with E-state index in [4.69, 9.17) is 14.2 Å². The van der Waals surface area contributed by atoms with Crippen LogP contribution in [0, 0.1) is 6.92 Å². The summed E-state index contributed by atoms with van der Waals surface area (Å²) in [5.41, 5.74) is 4.92. The molecule has 1 atom stereocenters.